The Morgan fingerprint density at radius 1 is 0.558 bits per heavy atom. The monoisotopic (exact) mass is 552 g/mol. The van der Waals surface area contributed by atoms with Crippen LogP contribution >= 0.6 is 0 Å². The van der Waals surface area contributed by atoms with Crippen LogP contribution in [-0.4, -0.2) is 4.57 Å². The van der Waals surface area contributed by atoms with E-state index in [4.69, 9.17) is 4.74 Å². The first-order valence-electron chi connectivity index (χ1n) is 14.6. The number of rotatable bonds is 3. The van der Waals surface area contributed by atoms with Gasteiger partial charge in [-0.25, -0.2) is 0 Å². The Balaban J connectivity index is 1.27. The molecule has 43 heavy (non-hydrogen) atoms. The lowest BCUT2D eigenvalue weighted by Crippen LogP contribution is -2.24. The van der Waals surface area contributed by atoms with Gasteiger partial charge in [0.25, 0.3) is 0 Å². The lowest BCUT2D eigenvalue weighted by molar-refractivity contribution is 0.418. The number of nitriles is 1. The fourth-order valence-corrected chi connectivity index (χ4v) is 6.62. The second kappa shape index (κ2) is 9.48. The van der Waals surface area contributed by atoms with Gasteiger partial charge in [-0.15, -0.1) is 0 Å². The van der Waals surface area contributed by atoms with Crippen molar-refractivity contribution in [3.63, 3.8) is 0 Å². The molecule has 1 aromatic heterocycles. The van der Waals surface area contributed by atoms with Crippen molar-refractivity contribution in [2.24, 2.45) is 0 Å². The van der Waals surface area contributed by atoms with Crippen LogP contribution in [0, 0.1) is 11.3 Å². The molecular weight excluding hydrogens is 524 g/mol. The first-order valence-corrected chi connectivity index (χ1v) is 14.6. The highest BCUT2D eigenvalue weighted by atomic mass is 16.5. The van der Waals surface area contributed by atoms with Crippen LogP contribution in [0.1, 0.15) is 30.5 Å². The van der Waals surface area contributed by atoms with E-state index in [1.54, 1.807) is 0 Å². The summed E-state index contributed by atoms with van der Waals surface area (Å²) < 4.78 is 8.72. The van der Waals surface area contributed by atoms with Crippen molar-refractivity contribution < 1.29 is 4.74 Å². The van der Waals surface area contributed by atoms with Crippen LogP contribution in [0.2, 0.25) is 0 Å². The normalized spacial score (nSPS) is 13.2. The third-order valence-corrected chi connectivity index (χ3v) is 8.90. The smallest absolute Gasteiger partial charge is 0.132 e. The van der Waals surface area contributed by atoms with Crippen LogP contribution in [0.15, 0.2) is 133 Å². The molecule has 1 aliphatic rings. The quantitative estimate of drug-likeness (QED) is 0.219. The minimum absolute atomic E-state index is 0.149. The Morgan fingerprint density at radius 2 is 1.16 bits per heavy atom. The van der Waals surface area contributed by atoms with Crippen molar-refractivity contribution >= 4 is 21.8 Å². The molecule has 1 aliphatic heterocycles. The van der Waals surface area contributed by atoms with Gasteiger partial charge in [-0.3, -0.25) is 0 Å². The summed E-state index contributed by atoms with van der Waals surface area (Å²) >= 11 is 0. The molecule has 7 aromatic rings. The van der Waals surface area contributed by atoms with Gasteiger partial charge in [-0.05, 0) is 76.9 Å². The largest absolute Gasteiger partial charge is 0.457 e. The van der Waals surface area contributed by atoms with E-state index in [1.807, 2.05) is 30.3 Å². The van der Waals surface area contributed by atoms with Crippen LogP contribution < -0.4 is 4.74 Å². The van der Waals surface area contributed by atoms with E-state index in [9.17, 15) is 5.26 Å². The molecule has 3 heteroatoms. The minimum atomic E-state index is -0.149. The Bertz CT molecular complexity index is 2230. The summed E-state index contributed by atoms with van der Waals surface area (Å²) in [6.07, 6.45) is 0. The molecule has 3 nitrogen and oxygen atoms in total. The number of hydrogen-bond donors (Lipinski definition) is 0. The molecule has 0 saturated heterocycles. The lowest BCUT2D eigenvalue weighted by atomic mass is 9.75. The Labute approximate surface area is 250 Å². The van der Waals surface area contributed by atoms with Gasteiger partial charge in [0.15, 0.2) is 0 Å². The third kappa shape index (κ3) is 3.95. The maximum atomic E-state index is 9.72. The van der Waals surface area contributed by atoms with E-state index in [-0.39, 0.29) is 5.41 Å². The van der Waals surface area contributed by atoms with Gasteiger partial charge >= 0.3 is 0 Å². The van der Waals surface area contributed by atoms with Gasteiger partial charge in [0.2, 0.25) is 0 Å². The zero-order valence-electron chi connectivity index (χ0n) is 24.0. The van der Waals surface area contributed by atoms with Gasteiger partial charge in [0, 0.05) is 33.0 Å². The van der Waals surface area contributed by atoms with Crippen molar-refractivity contribution in [2.45, 2.75) is 19.3 Å². The number of aromatic nitrogens is 1. The summed E-state index contributed by atoms with van der Waals surface area (Å²) in [5, 5.41) is 11.9. The van der Waals surface area contributed by atoms with E-state index in [2.05, 4.69) is 128 Å². The van der Waals surface area contributed by atoms with E-state index >= 15 is 0 Å². The minimum Gasteiger partial charge on any atom is -0.457 e. The maximum Gasteiger partial charge on any atom is 0.132 e. The number of benzene rings is 6. The summed E-state index contributed by atoms with van der Waals surface area (Å²) in [7, 11) is 0. The molecule has 204 valence electrons. The summed E-state index contributed by atoms with van der Waals surface area (Å²) in [6.45, 7) is 4.51. The zero-order chi connectivity index (χ0) is 29.1. The second-order valence-corrected chi connectivity index (χ2v) is 11.8. The van der Waals surface area contributed by atoms with Crippen LogP contribution in [0.3, 0.4) is 0 Å². The Kier molecular flexibility index (Phi) is 5.54. The molecule has 0 radical (unpaired) electrons. The summed E-state index contributed by atoms with van der Waals surface area (Å²) in [6, 6.07) is 48.9. The average molecular weight is 553 g/mol. The first kappa shape index (κ1) is 25.1. The molecule has 0 amide bonds. The predicted octanol–water partition coefficient (Wildman–Crippen LogP) is 10.4. The maximum absolute atomic E-state index is 9.72. The standard InChI is InChI=1S/C40H28N2O/c1-40(2)34-10-6-7-11-38(34)43-39-24-30(15-19-35(39)40)29-16-21-37-33(23-29)32-22-26(25-41)12-20-36(32)42(37)31-17-13-28(14-18-31)27-8-4-3-5-9-27/h3-24H,1-2H3. The van der Waals surface area contributed by atoms with Gasteiger partial charge in [0.1, 0.15) is 11.5 Å². The van der Waals surface area contributed by atoms with Gasteiger partial charge < -0.3 is 9.30 Å². The molecule has 0 saturated carbocycles. The molecule has 0 N–H and O–H groups in total. The van der Waals surface area contributed by atoms with E-state index in [0.29, 0.717) is 5.56 Å². The molecule has 0 fully saturated rings. The zero-order valence-corrected chi connectivity index (χ0v) is 24.0. The molecular formula is C40H28N2O. The fraction of sp³-hybridized carbons (Fsp3) is 0.0750. The van der Waals surface area contributed by atoms with Gasteiger partial charge in [0.05, 0.1) is 22.7 Å². The molecule has 0 bridgehead atoms. The van der Waals surface area contributed by atoms with Crippen LogP contribution in [0.5, 0.6) is 11.5 Å². The fourth-order valence-electron chi connectivity index (χ4n) is 6.62. The second-order valence-electron chi connectivity index (χ2n) is 11.8. The Morgan fingerprint density at radius 3 is 1.95 bits per heavy atom. The highest BCUT2D eigenvalue weighted by Crippen LogP contribution is 2.49. The summed E-state index contributed by atoms with van der Waals surface area (Å²) in [5.41, 5.74) is 10.7. The summed E-state index contributed by atoms with van der Waals surface area (Å²) in [5.74, 6) is 1.81. The average Bonchev–Trinajstić information content (AvgIpc) is 3.38. The molecule has 0 atom stereocenters. The van der Waals surface area contributed by atoms with Gasteiger partial charge in [-0.2, -0.15) is 5.26 Å². The Hall–Kier alpha value is -5.59. The van der Waals surface area contributed by atoms with Crippen molar-refractivity contribution in [1.82, 2.24) is 4.57 Å². The van der Waals surface area contributed by atoms with Crippen molar-refractivity contribution in [3.8, 4) is 45.5 Å². The number of nitrogens with zero attached hydrogens (tertiary/aromatic N) is 2. The lowest BCUT2D eigenvalue weighted by Gasteiger charge is -2.34. The van der Waals surface area contributed by atoms with Crippen molar-refractivity contribution in [1.29, 1.82) is 5.26 Å². The van der Waals surface area contributed by atoms with Crippen molar-refractivity contribution in [3.05, 3.63) is 150 Å². The molecule has 0 aliphatic carbocycles. The van der Waals surface area contributed by atoms with E-state index in [0.717, 1.165) is 50.1 Å². The predicted molar refractivity (Wildman–Crippen MR) is 175 cm³/mol. The number of fused-ring (bicyclic) bond motifs is 5. The van der Waals surface area contributed by atoms with Crippen LogP contribution in [-0.2, 0) is 5.41 Å². The van der Waals surface area contributed by atoms with Crippen LogP contribution in [0.25, 0.3) is 49.7 Å². The van der Waals surface area contributed by atoms with Crippen LogP contribution in [0.4, 0.5) is 0 Å². The molecule has 0 unspecified atom stereocenters. The number of hydrogen-bond acceptors (Lipinski definition) is 2. The topological polar surface area (TPSA) is 37.9 Å². The highest BCUT2D eigenvalue weighted by molar-refractivity contribution is 6.11. The molecule has 6 aromatic carbocycles. The van der Waals surface area contributed by atoms with Gasteiger partial charge in [-0.1, -0.05) is 92.7 Å². The highest BCUT2D eigenvalue weighted by Gasteiger charge is 2.34. The molecule has 2 heterocycles. The summed E-state index contributed by atoms with van der Waals surface area (Å²) in [4.78, 5) is 0. The SMILES string of the molecule is CC1(C)c2ccccc2Oc2cc(-c3ccc4c(c3)c3cc(C#N)ccc3n4-c3ccc(-c4ccccc4)cc3)ccc21. The molecule has 0 spiro atoms. The van der Waals surface area contributed by atoms with E-state index in [1.165, 1.54) is 22.3 Å². The van der Waals surface area contributed by atoms with E-state index < -0.39 is 0 Å². The third-order valence-electron chi connectivity index (χ3n) is 8.90. The molecule has 8 rings (SSSR count). The van der Waals surface area contributed by atoms with Crippen molar-refractivity contribution in [2.75, 3.05) is 0 Å². The number of para-hydroxylation sites is 1. The first-order chi connectivity index (χ1) is 21.0. The number of ether oxygens (including phenoxy) is 1.